The predicted molar refractivity (Wildman–Crippen MR) is 221 cm³/mol. The van der Waals surface area contributed by atoms with Crippen molar-refractivity contribution in [2.45, 2.75) is 51.4 Å². The summed E-state index contributed by atoms with van der Waals surface area (Å²) in [7, 11) is 0. The molecule has 2 unspecified atom stereocenters. The summed E-state index contributed by atoms with van der Waals surface area (Å²) >= 11 is 0. The predicted octanol–water partition coefficient (Wildman–Crippen LogP) is 12.2. The van der Waals surface area contributed by atoms with Crippen molar-refractivity contribution in [3.05, 3.63) is 150 Å². The van der Waals surface area contributed by atoms with Crippen LogP contribution in [0.5, 0.6) is 0 Å². The van der Waals surface area contributed by atoms with Crippen LogP contribution in [-0.4, -0.2) is 15.0 Å². The molecule has 55 heavy (non-hydrogen) atoms. The van der Waals surface area contributed by atoms with Gasteiger partial charge < -0.3 is 0 Å². The zero-order valence-corrected chi connectivity index (χ0v) is 31.2. The maximum absolute atomic E-state index is 9.64. The van der Waals surface area contributed by atoms with Gasteiger partial charge in [-0.2, -0.15) is 10.5 Å². The first kappa shape index (κ1) is 34.3. The topological polar surface area (TPSA) is 86.2 Å². The molecule has 0 radical (unpaired) electrons. The van der Waals surface area contributed by atoms with Gasteiger partial charge in [-0.05, 0) is 155 Å². The highest BCUT2D eigenvalue weighted by atomic mass is 15.0. The van der Waals surface area contributed by atoms with Gasteiger partial charge in [0.2, 0.25) is 0 Å². The molecule has 6 aromatic carbocycles. The van der Waals surface area contributed by atoms with Gasteiger partial charge in [0, 0.05) is 16.7 Å². The molecule has 9 rings (SSSR count). The van der Waals surface area contributed by atoms with Gasteiger partial charge in [0.15, 0.2) is 17.5 Å². The molecule has 2 aliphatic carbocycles. The Morgan fingerprint density at radius 3 is 1.65 bits per heavy atom. The normalized spacial score (nSPS) is 20.4. The van der Waals surface area contributed by atoms with Gasteiger partial charge in [0.1, 0.15) is 0 Å². The molecular formula is C50H41N5. The molecule has 0 aliphatic heterocycles. The summed E-state index contributed by atoms with van der Waals surface area (Å²) in [5.41, 5.74) is 9.85. The fourth-order valence-electron chi connectivity index (χ4n) is 9.70. The number of rotatable bonds is 6. The van der Waals surface area contributed by atoms with E-state index in [-0.39, 0.29) is 5.41 Å². The van der Waals surface area contributed by atoms with E-state index in [2.05, 4.69) is 86.6 Å². The van der Waals surface area contributed by atoms with Crippen LogP contribution in [0.1, 0.15) is 62.6 Å². The molecule has 5 nitrogen and oxygen atoms in total. The van der Waals surface area contributed by atoms with E-state index < -0.39 is 0 Å². The smallest absolute Gasteiger partial charge is 0.164 e. The molecule has 1 aromatic heterocycles. The summed E-state index contributed by atoms with van der Waals surface area (Å²) in [4.78, 5) is 15.1. The van der Waals surface area contributed by atoms with Crippen LogP contribution in [0.15, 0.2) is 133 Å². The Morgan fingerprint density at radius 2 is 1.00 bits per heavy atom. The molecule has 2 fully saturated rings. The van der Waals surface area contributed by atoms with Crippen molar-refractivity contribution >= 4 is 10.8 Å². The Balaban J connectivity index is 1.20. The molecular weight excluding hydrogens is 671 g/mol. The third-order valence-corrected chi connectivity index (χ3v) is 11.9. The fraction of sp³-hybridized carbons (Fsp3) is 0.220. The SMILES string of the molecule is C[C@@H]1CC2C[C@H](C)CC(c3ccc(-c4cc(-c5ccc6ccc(C#N)cc6c5)cc(-c5nc(-c6ccccc6)nc(-c6ccc(C#N)cc6)n5)c4)cc3)(C2)C1. The summed E-state index contributed by atoms with van der Waals surface area (Å²) in [5.74, 6) is 4.03. The molecule has 0 amide bonds. The summed E-state index contributed by atoms with van der Waals surface area (Å²) in [6.45, 7) is 4.90. The quantitative estimate of drug-likeness (QED) is 0.171. The van der Waals surface area contributed by atoms with Crippen LogP contribution in [0.25, 0.3) is 67.2 Å². The summed E-state index contributed by atoms with van der Waals surface area (Å²) < 4.78 is 0. The van der Waals surface area contributed by atoms with Gasteiger partial charge in [-0.1, -0.05) is 86.6 Å². The van der Waals surface area contributed by atoms with Crippen LogP contribution in [0.2, 0.25) is 0 Å². The second kappa shape index (κ2) is 14.1. The number of aromatic nitrogens is 3. The second-order valence-electron chi connectivity index (χ2n) is 16.1. The van der Waals surface area contributed by atoms with Crippen molar-refractivity contribution in [3.8, 4) is 68.6 Å². The number of benzene rings is 6. The highest BCUT2D eigenvalue weighted by Crippen LogP contribution is 2.54. The van der Waals surface area contributed by atoms with Gasteiger partial charge in [0.05, 0.1) is 23.3 Å². The Hall–Kier alpha value is -6.43. The minimum Gasteiger partial charge on any atom is -0.208 e. The Bertz CT molecular complexity index is 2610. The van der Waals surface area contributed by atoms with Crippen molar-refractivity contribution < 1.29 is 0 Å². The maximum atomic E-state index is 9.64. The van der Waals surface area contributed by atoms with Crippen LogP contribution in [-0.2, 0) is 5.41 Å². The Morgan fingerprint density at radius 1 is 0.473 bits per heavy atom. The third kappa shape index (κ3) is 6.80. The molecule has 4 atom stereocenters. The zero-order valence-electron chi connectivity index (χ0n) is 31.2. The van der Waals surface area contributed by atoms with E-state index in [1.807, 2.05) is 60.7 Å². The molecule has 0 spiro atoms. The van der Waals surface area contributed by atoms with Crippen LogP contribution in [0.3, 0.4) is 0 Å². The van der Waals surface area contributed by atoms with Gasteiger partial charge >= 0.3 is 0 Å². The molecule has 2 aliphatic rings. The largest absolute Gasteiger partial charge is 0.208 e. The first-order chi connectivity index (χ1) is 26.8. The van der Waals surface area contributed by atoms with Gasteiger partial charge in [-0.25, -0.2) is 15.0 Å². The molecule has 1 heterocycles. The van der Waals surface area contributed by atoms with Gasteiger partial charge in [0.25, 0.3) is 0 Å². The van der Waals surface area contributed by atoms with E-state index in [0.29, 0.717) is 28.6 Å². The molecule has 2 saturated carbocycles. The minimum atomic E-state index is 0.263. The molecule has 0 N–H and O–H groups in total. The van der Waals surface area contributed by atoms with Gasteiger partial charge in [-0.15, -0.1) is 0 Å². The number of nitrogens with zero attached hydrogens (tertiary/aromatic N) is 5. The average Bonchev–Trinajstić information content (AvgIpc) is 3.22. The average molecular weight is 712 g/mol. The molecule has 7 aromatic rings. The molecule has 266 valence electrons. The van der Waals surface area contributed by atoms with Crippen LogP contribution in [0.4, 0.5) is 0 Å². The highest BCUT2D eigenvalue weighted by Gasteiger charge is 2.45. The van der Waals surface area contributed by atoms with Crippen LogP contribution < -0.4 is 0 Å². The number of nitriles is 2. The lowest BCUT2D eigenvalue weighted by molar-refractivity contribution is 0.0780. The molecule has 0 saturated heterocycles. The van der Waals surface area contributed by atoms with Crippen molar-refractivity contribution in [3.63, 3.8) is 0 Å². The minimum absolute atomic E-state index is 0.263. The maximum Gasteiger partial charge on any atom is 0.164 e. The second-order valence-corrected chi connectivity index (χ2v) is 16.1. The van der Waals surface area contributed by atoms with Crippen molar-refractivity contribution in [1.82, 2.24) is 15.0 Å². The zero-order chi connectivity index (χ0) is 37.5. The lowest BCUT2D eigenvalue weighted by atomic mass is 9.54. The summed E-state index contributed by atoms with van der Waals surface area (Å²) in [6.07, 6.45) is 6.57. The monoisotopic (exact) mass is 711 g/mol. The highest BCUT2D eigenvalue weighted by molar-refractivity contribution is 5.90. The van der Waals surface area contributed by atoms with E-state index in [9.17, 15) is 10.5 Å². The summed E-state index contributed by atoms with van der Waals surface area (Å²) in [6, 6.07) is 50.1. The van der Waals surface area contributed by atoms with Crippen molar-refractivity contribution in [1.29, 1.82) is 10.5 Å². The number of hydrogen-bond acceptors (Lipinski definition) is 5. The Labute approximate surface area is 323 Å². The van der Waals surface area contributed by atoms with E-state index in [1.165, 1.54) is 37.7 Å². The van der Waals surface area contributed by atoms with Crippen LogP contribution in [0, 0.1) is 40.4 Å². The lowest BCUT2D eigenvalue weighted by Gasteiger charge is -2.50. The first-order valence-corrected chi connectivity index (χ1v) is 19.4. The van der Waals surface area contributed by atoms with Crippen molar-refractivity contribution in [2.24, 2.45) is 17.8 Å². The van der Waals surface area contributed by atoms with Gasteiger partial charge in [-0.3, -0.25) is 0 Å². The first-order valence-electron chi connectivity index (χ1n) is 19.4. The standard InChI is InChI=1S/C50H41N5/c1-32-20-36-21-33(2)28-50(27-32,29-36)46-18-16-38(17-19-46)43-24-44(41-15-14-37-11-10-35(31-52)22-42(37)23-41)26-45(25-43)49-54-47(39-6-4-3-5-7-39)53-48(55-49)40-12-8-34(30-51)9-13-40/h3-19,22-26,32-33,36H,20-21,27-29H2,1-2H3/t32-,33+,36?,50?. The van der Waals surface area contributed by atoms with Crippen molar-refractivity contribution in [2.75, 3.05) is 0 Å². The lowest BCUT2D eigenvalue weighted by Crippen LogP contribution is -2.42. The fourth-order valence-corrected chi connectivity index (χ4v) is 9.70. The van der Waals surface area contributed by atoms with E-state index in [4.69, 9.17) is 15.0 Å². The van der Waals surface area contributed by atoms with Crippen LogP contribution >= 0.6 is 0 Å². The van der Waals surface area contributed by atoms with E-state index >= 15 is 0 Å². The number of fused-ring (bicyclic) bond motifs is 3. The van der Waals surface area contributed by atoms with E-state index in [0.717, 1.165) is 67.5 Å². The molecule has 2 bridgehead atoms. The van der Waals surface area contributed by atoms with E-state index in [1.54, 1.807) is 12.1 Å². The summed E-state index contributed by atoms with van der Waals surface area (Å²) in [5, 5.41) is 21.2. The molecule has 5 heteroatoms. The number of hydrogen-bond donors (Lipinski definition) is 0. The third-order valence-electron chi connectivity index (χ3n) is 11.9. The Kier molecular flexibility index (Phi) is 8.80.